The van der Waals surface area contributed by atoms with Gasteiger partial charge in [0.05, 0.1) is 16.8 Å². The number of nitrogens with zero attached hydrogens (tertiary/aromatic N) is 4. The van der Waals surface area contributed by atoms with Crippen molar-refractivity contribution in [3.05, 3.63) is 54.0 Å². The van der Waals surface area contributed by atoms with Crippen LogP contribution in [-0.2, 0) is 4.74 Å². The van der Waals surface area contributed by atoms with Crippen molar-refractivity contribution in [1.82, 2.24) is 20.3 Å². The average molecular weight is 428 g/mol. The molecule has 162 valence electrons. The van der Waals surface area contributed by atoms with Crippen molar-refractivity contribution >= 4 is 28.6 Å². The first-order chi connectivity index (χ1) is 15.5. The van der Waals surface area contributed by atoms with E-state index in [-0.39, 0.29) is 23.7 Å². The van der Waals surface area contributed by atoms with Crippen molar-refractivity contribution in [2.75, 3.05) is 5.32 Å². The number of nitriles is 1. The first-order valence-corrected chi connectivity index (χ1v) is 10.9. The molecule has 2 atom stereocenters. The van der Waals surface area contributed by atoms with Crippen LogP contribution in [0.1, 0.15) is 56.1 Å². The number of carbonyl (C=O) groups is 1. The summed E-state index contributed by atoms with van der Waals surface area (Å²) in [6.07, 6.45) is 9.56. The number of carbonyl (C=O) groups excluding carboxylic acids is 1. The highest BCUT2D eigenvalue weighted by Gasteiger charge is 2.40. The first-order valence-electron chi connectivity index (χ1n) is 10.9. The number of alkyl carbamates (subject to hydrolysis) is 1. The topological polar surface area (TPSA) is 113 Å². The normalized spacial score (nSPS) is 21.0. The van der Waals surface area contributed by atoms with Crippen molar-refractivity contribution in [2.24, 2.45) is 0 Å². The van der Waals surface area contributed by atoms with E-state index in [0.717, 1.165) is 48.7 Å². The van der Waals surface area contributed by atoms with Gasteiger partial charge in [-0.25, -0.2) is 14.8 Å². The number of hydrogen-bond acceptors (Lipinski definition) is 7. The zero-order valence-electron chi connectivity index (χ0n) is 17.8. The molecule has 2 fully saturated rings. The summed E-state index contributed by atoms with van der Waals surface area (Å²) in [5, 5.41) is 16.3. The molecule has 5 rings (SSSR count). The maximum atomic E-state index is 12.1. The molecule has 0 unspecified atom stereocenters. The molecule has 1 amide bonds. The van der Waals surface area contributed by atoms with Gasteiger partial charge >= 0.3 is 6.09 Å². The Balaban J connectivity index is 1.23. The maximum absolute atomic E-state index is 12.1. The second-order valence-electron chi connectivity index (χ2n) is 8.86. The van der Waals surface area contributed by atoms with Crippen LogP contribution in [0.5, 0.6) is 0 Å². The molecule has 2 aromatic heterocycles. The fourth-order valence-corrected chi connectivity index (χ4v) is 4.20. The number of hydrogen-bond donors (Lipinski definition) is 2. The summed E-state index contributed by atoms with van der Waals surface area (Å²) in [6, 6.07) is 9.50. The Morgan fingerprint density at radius 1 is 1.19 bits per heavy atom. The zero-order valence-corrected chi connectivity index (χ0v) is 17.8. The molecule has 0 aliphatic heterocycles. The Labute approximate surface area is 186 Å². The second-order valence-corrected chi connectivity index (χ2v) is 8.86. The van der Waals surface area contributed by atoms with E-state index in [1.807, 2.05) is 37.5 Å². The van der Waals surface area contributed by atoms with Crippen LogP contribution in [0, 0.1) is 11.3 Å². The second kappa shape index (κ2) is 8.08. The van der Waals surface area contributed by atoms with Crippen molar-refractivity contribution in [1.29, 1.82) is 5.26 Å². The predicted molar refractivity (Wildman–Crippen MR) is 119 cm³/mol. The van der Waals surface area contributed by atoms with Crippen LogP contribution < -0.4 is 10.6 Å². The van der Waals surface area contributed by atoms with Gasteiger partial charge in [-0.2, -0.15) is 5.26 Å². The fraction of sp³-hybridized carbons (Fsp3) is 0.375. The van der Waals surface area contributed by atoms with Gasteiger partial charge in [0.15, 0.2) is 0 Å². The molecule has 2 heterocycles. The largest absolute Gasteiger partial charge is 0.446 e. The number of amides is 1. The fourth-order valence-electron chi connectivity index (χ4n) is 4.20. The molecular weight excluding hydrogens is 404 g/mol. The van der Waals surface area contributed by atoms with E-state index >= 15 is 0 Å². The molecule has 0 bridgehead atoms. The smallest absolute Gasteiger partial charge is 0.407 e. The van der Waals surface area contributed by atoms with Crippen LogP contribution in [0.3, 0.4) is 0 Å². The zero-order chi connectivity index (χ0) is 22.1. The summed E-state index contributed by atoms with van der Waals surface area (Å²) in [5.41, 5.74) is 2.95. The summed E-state index contributed by atoms with van der Waals surface area (Å²) in [6.45, 7) is 2.04. The van der Waals surface area contributed by atoms with E-state index in [0.29, 0.717) is 17.0 Å². The SMILES string of the molecule is CC1(NC(=O)O[C@@H]2CC[C@H](c3cnc(Nc4ccc(C#N)c5ncccc45)nc3)C2)CC1. The third kappa shape index (κ3) is 4.19. The van der Waals surface area contributed by atoms with Crippen LogP contribution in [-0.4, -0.2) is 32.7 Å². The minimum Gasteiger partial charge on any atom is -0.446 e. The monoisotopic (exact) mass is 428 g/mol. The molecular formula is C24H24N6O2. The highest BCUT2D eigenvalue weighted by atomic mass is 16.6. The minimum atomic E-state index is -0.310. The molecule has 8 nitrogen and oxygen atoms in total. The first kappa shape index (κ1) is 20.2. The number of fused-ring (bicyclic) bond motifs is 1. The lowest BCUT2D eigenvalue weighted by Gasteiger charge is -2.16. The molecule has 0 spiro atoms. The van der Waals surface area contributed by atoms with Gasteiger partial charge in [-0.3, -0.25) is 4.98 Å². The highest BCUT2D eigenvalue weighted by molar-refractivity contribution is 5.95. The summed E-state index contributed by atoms with van der Waals surface area (Å²) in [4.78, 5) is 25.4. The van der Waals surface area contributed by atoms with Gasteiger partial charge in [0.25, 0.3) is 0 Å². The highest BCUT2D eigenvalue weighted by Crippen LogP contribution is 2.37. The molecule has 8 heteroatoms. The molecule has 0 radical (unpaired) electrons. The Kier molecular flexibility index (Phi) is 5.10. The van der Waals surface area contributed by atoms with Gasteiger partial charge in [0.2, 0.25) is 5.95 Å². The van der Waals surface area contributed by atoms with Crippen LogP contribution in [0.15, 0.2) is 42.9 Å². The molecule has 2 aliphatic rings. The molecule has 3 aromatic rings. The van der Waals surface area contributed by atoms with Crippen molar-refractivity contribution in [2.45, 2.75) is 56.6 Å². The average Bonchev–Trinajstić information content (AvgIpc) is 3.34. The summed E-state index contributed by atoms with van der Waals surface area (Å²) in [7, 11) is 0. The molecule has 1 aromatic carbocycles. The van der Waals surface area contributed by atoms with Gasteiger partial charge in [-0.15, -0.1) is 0 Å². The summed E-state index contributed by atoms with van der Waals surface area (Å²) >= 11 is 0. The number of anilines is 2. The molecule has 2 saturated carbocycles. The standard InChI is InChI=1S/C24H24N6O2/c1-24(8-9-24)30-23(31)32-18-6-4-15(11-18)17-13-27-22(28-14-17)29-20-7-5-16(12-25)21-19(20)3-2-10-26-21/h2-3,5,7,10,13-15,18H,4,6,8-9,11H2,1H3,(H,30,31)(H,27,28,29)/t15-,18+/m0/s1. The third-order valence-electron chi connectivity index (χ3n) is 6.34. The van der Waals surface area contributed by atoms with Crippen LogP contribution in [0.4, 0.5) is 16.4 Å². The molecule has 2 aliphatic carbocycles. The van der Waals surface area contributed by atoms with Crippen LogP contribution in [0.2, 0.25) is 0 Å². The number of pyridine rings is 1. The predicted octanol–water partition coefficient (Wildman–Crippen LogP) is 4.55. The van der Waals surface area contributed by atoms with Gasteiger partial charge in [0, 0.05) is 29.5 Å². The molecule has 2 N–H and O–H groups in total. The molecule has 32 heavy (non-hydrogen) atoms. The lowest BCUT2D eigenvalue weighted by Crippen LogP contribution is -2.36. The Morgan fingerprint density at radius 2 is 2.00 bits per heavy atom. The Morgan fingerprint density at radius 3 is 2.75 bits per heavy atom. The van der Waals surface area contributed by atoms with E-state index in [4.69, 9.17) is 4.74 Å². The van der Waals surface area contributed by atoms with Crippen molar-refractivity contribution < 1.29 is 9.53 Å². The van der Waals surface area contributed by atoms with E-state index in [1.54, 1.807) is 12.3 Å². The number of aromatic nitrogens is 3. The van der Waals surface area contributed by atoms with E-state index in [9.17, 15) is 10.1 Å². The van der Waals surface area contributed by atoms with Crippen LogP contribution in [0.25, 0.3) is 10.9 Å². The van der Waals surface area contributed by atoms with Crippen molar-refractivity contribution in [3.8, 4) is 6.07 Å². The van der Waals surface area contributed by atoms with E-state index in [1.165, 1.54) is 0 Å². The maximum Gasteiger partial charge on any atom is 0.407 e. The lowest BCUT2D eigenvalue weighted by molar-refractivity contribution is 0.0967. The quantitative estimate of drug-likeness (QED) is 0.613. The minimum absolute atomic E-state index is 0.0674. The Hall–Kier alpha value is -3.73. The Bertz CT molecular complexity index is 1200. The number of nitrogens with one attached hydrogen (secondary N) is 2. The van der Waals surface area contributed by atoms with Gasteiger partial charge in [-0.05, 0) is 74.8 Å². The lowest BCUT2D eigenvalue weighted by atomic mass is 10.0. The number of ether oxygens (including phenoxy) is 1. The molecule has 0 saturated heterocycles. The summed E-state index contributed by atoms with van der Waals surface area (Å²) < 4.78 is 5.61. The van der Waals surface area contributed by atoms with Crippen LogP contribution >= 0.6 is 0 Å². The third-order valence-corrected chi connectivity index (χ3v) is 6.34. The van der Waals surface area contributed by atoms with Gasteiger partial charge in [-0.1, -0.05) is 0 Å². The van der Waals surface area contributed by atoms with E-state index < -0.39 is 0 Å². The number of rotatable bonds is 5. The van der Waals surface area contributed by atoms with E-state index in [2.05, 4.69) is 31.7 Å². The summed E-state index contributed by atoms with van der Waals surface area (Å²) in [5.74, 6) is 0.754. The number of benzene rings is 1. The van der Waals surface area contributed by atoms with Crippen molar-refractivity contribution in [3.63, 3.8) is 0 Å². The van der Waals surface area contributed by atoms with Gasteiger partial charge in [0.1, 0.15) is 12.2 Å². The van der Waals surface area contributed by atoms with Gasteiger partial charge < -0.3 is 15.4 Å².